The molecule has 0 spiro atoms. The molecule has 4 nitrogen and oxygen atoms in total. The molecule has 2 aromatic rings. The molecule has 1 aliphatic rings. The highest BCUT2D eigenvalue weighted by atomic mass is 16.3. The first-order valence-electron chi connectivity index (χ1n) is 9.88. The third-order valence-electron chi connectivity index (χ3n) is 5.32. The van der Waals surface area contributed by atoms with Gasteiger partial charge in [0.15, 0.2) is 0 Å². The van der Waals surface area contributed by atoms with Gasteiger partial charge in [-0.25, -0.2) is 0 Å². The lowest BCUT2D eigenvalue weighted by Gasteiger charge is -2.29. The van der Waals surface area contributed by atoms with Gasteiger partial charge in [-0.2, -0.15) is 0 Å². The highest BCUT2D eigenvalue weighted by molar-refractivity contribution is 5.85. The highest BCUT2D eigenvalue weighted by Gasteiger charge is 2.47. The Labute approximate surface area is 162 Å². The molecule has 2 aromatic carbocycles. The lowest BCUT2D eigenvalue weighted by atomic mass is 9.89. The number of hydrogen-bond acceptors (Lipinski definition) is 3. The van der Waals surface area contributed by atoms with Crippen LogP contribution in [0.3, 0.4) is 0 Å². The average Bonchev–Trinajstić information content (AvgIpc) is 2.98. The average molecular weight is 367 g/mol. The summed E-state index contributed by atoms with van der Waals surface area (Å²) in [5.74, 6) is -0.0131. The van der Waals surface area contributed by atoms with Crippen LogP contribution in [-0.2, 0) is 17.8 Å². The Morgan fingerprint density at radius 2 is 1.63 bits per heavy atom. The fourth-order valence-corrected chi connectivity index (χ4v) is 3.83. The summed E-state index contributed by atoms with van der Waals surface area (Å²) in [5, 5.41) is 14.6. The van der Waals surface area contributed by atoms with Gasteiger partial charge in [0, 0.05) is 13.0 Å². The van der Waals surface area contributed by atoms with E-state index in [1.54, 1.807) is 6.92 Å². The molecule has 1 heterocycles. The van der Waals surface area contributed by atoms with Gasteiger partial charge in [-0.3, -0.25) is 10.1 Å². The fourth-order valence-electron chi connectivity index (χ4n) is 3.83. The van der Waals surface area contributed by atoms with Crippen LogP contribution in [0.15, 0.2) is 60.7 Å². The van der Waals surface area contributed by atoms with Crippen molar-refractivity contribution in [2.75, 3.05) is 0 Å². The van der Waals surface area contributed by atoms with Crippen LogP contribution < -0.4 is 5.32 Å². The molecular weight excluding hydrogens is 336 g/mol. The summed E-state index contributed by atoms with van der Waals surface area (Å²) in [7, 11) is 0. The zero-order valence-corrected chi connectivity index (χ0v) is 16.3. The molecule has 0 radical (unpaired) electrons. The van der Waals surface area contributed by atoms with E-state index >= 15 is 0 Å². The molecule has 1 fully saturated rings. The highest BCUT2D eigenvalue weighted by Crippen LogP contribution is 2.27. The van der Waals surface area contributed by atoms with Crippen LogP contribution in [0.5, 0.6) is 0 Å². The lowest BCUT2D eigenvalue weighted by Crippen LogP contribution is -2.51. The maximum atomic E-state index is 13.2. The van der Waals surface area contributed by atoms with E-state index in [0.29, 0.717) is 13.0 Å². The normalized spacial score (nSPS) is 22.0. The number of amides is 1. The molecule has 1 saturated heterocycles. The summed E-state index contributed by atoms with van der Waals surface area (Å²) >= 11 is 0. The Kier molecular flexibility index (Phi) is 6.30. The van der Waals surface area contributed by atoms with E-state index in [2.05, 4.69) is 12.2 Å². The van der Waals surface area contributed by atoms with Crippen LogP contribution in [0.1, 0.15) is 44.2 Å². The van der Waals surface area contributed by atoms with Crippen molar-refractivity contribution in [1.82, 2.24) is 10.2 Å². The van der Waals surface area contributed by atoms with Crippen LogP contribution in [0, 0.1) is 0 Å². The molecule has 144 valence electrons. The van der Waals surface area contributed by atoms with Gasteiger partial charge < -0.3 is 10.0 Å². The minimum Gasteiger partial charge on any atom is -0.388 e. The number of carbonyl (C=O) groups is 1. The second-order valence-electron chi connectivity index (χ2n) is 7.73. The number of unbranched alkanes of at least 4 members (excludes halogenated alkanes) is 1. The van der Waals surface area contributed by atoms with Crippen LogP contribution in [0.4, 0.5) is 0 Å². The number of hydrogen-bond donors (Lipinski definition) is 2. The van der Waals surface area contributed by atoms with Crippen LogP contribution in [0.25, 0.3) is 0 Å². The molecule has 0 bridgehead atoms. The predicted octanol–water partition coefficient (Wildman–Crippen LogP) is 3.50. The second kappa shape index (κ2) is 8.68. The number of nitrogens with one attached hydrogen (secondary N) is 1. The largest absolute Gasteiger partial charge is 0.388 e. The summed E-state index contributed by atoms with van der Waals surface area (Å²) in [6.07, 6.45) is 3.43. The Bertz CT molecular complexity index is 731. The Morgan fingerprint density at radius 1 is 1.04 bits per heavy atom. The standard InChI is InChI=1S/C23H30N2O2/c1-3-4-15-20-24-21(23(2,27)16-18-11-7-5-8-12-18)22(26)25(20)17-19-13-9-6-10-14-19/h5-14,20-21,24,27H,3-4,15-17H2,1-2H3. The predicted molar refractivity (Wildman–Crippen MR) is 108 cm³/mol. The fraction of sp³-hybridized carbons (Fsp3) is 0.435. The van der Waals surface area contributed by atoms with Gasteiger partial charge in [0.05, 0.1) is 11.8 Å². The van der Waals surface area contributed by atoms with Crippen molar-refractivity contribution < 1.29 is 9.90 Å². The second-order valence-corrected chi connectivity index (χ2v) is 7.73. The summed E-state index contributed by atoms with van der Waals surface area (Å²) < 4.78 is 0. The Morgan fingerprint density at radius 3 is 2.22 bits per heavy atom. The third kappa shape index (κ3) is 4.76. The summed E-state index contributed by atoms with van der Waals surface area (Å²) in [4.78, 5) is 15.1. The first-order valence-corrected chi connectivity index (χ1v) is 9.88. The Balaban J connectivity index is 1.78. The van der Waals surface area contributed by atoms with Gasteiger partial charge >= 0.3 is 0 Å². The van der Waals surface area contributed by atoms with Crippen LogP contribution >= 0.6 is 0 Å². The molecule has 2 N–H and O–H groups in total. The van der Waals surface area contributed by atoms with Crippen LogP contribution in [0.2, 0.25) is 0 Å². The van der Waals surface area contributed by atoms with E-state index in [1.807, 2.05) is 65.6 Å². The van der Waals surface area contributed by atoms with Gasteiger partial charge in [-0.15, -0.1) is 0 Å². The zero-order chi connectivity index (χ0) is 19.3. The quantitative estimate of drug-likeness (QED) is 0.752. The van der Waals surface area contributed by atoms with E-state index < -0.39 is 11.6 Å². The molecule has 1 aliphatic heterocycles. The van der Waals surface area contributed by atoms with Gasteiger partial charge in [-0.05, 0) is 24.5 Å². The zero-order valence-electron chi connectivity index (χ0n) is 16.3. The van der Waals surface area contributed by atoms with Crippen molar-refractivity contribution in [1.29, 1.82) is 0 Å². The van der Waals surface area contributed by atoms with Crippen molar-refractivity contribution in [3.05, 3.63) is 71.8 Å². The topological polar surface area (TPSA) is 52.6 Å². The van der Waals surface area contributed by atoms with E-state index in [0.717, 1.165) is 30.4 Å². The third-order valence-corrected chi connectivity index (χ3v) is 5.32. The number of aliphatic hydroxyl groups is 1. The molecular formula is C23H30N2O2. The molecule has 0 aromatic heterocycles. The monoisotopic (exact) mass is 366 g/mol. The van der Waals surface area contributed by atoms with Crippen molar-refractivity contribution in [3.63, 3.8) is 0 Å². The molecule has 0 saturated carbocycles. The van der Waals surface area contributed by atoms with E-state index in [1.165, 1.54) is 0 Å². The minimum absolute atomic E-state index is 0.0131. The number of benzene rings is 2. The van der Waals surface area contributed by atoms with E-state index in [9.17, 15) is 9.90 Å². The minimum atomic E-state index is -1.14. The molecule has 3 rings (SSSR count). The number of carbonyl (C=O) groups excluding carboxylic acids is 1. The van der Waals surface area contributed by atoms with Gasteiger partial charge in [0.25, 0.3) is 0 Å². The van der Waals surface area contributed by atoms with Crippen molar-refractivity contribution in [2.45, 2.75) is 63.9 Å². The van der Waals surface area contributed by atoms with E-state index in [-0.39, 0.29) is 12.1 Å². The summed E-state index contributed by atoms with van der Waals surface area (Å²) in [5.41, 5.74) is 0.996. The maximum Gasteiger partial charge on any atom is 0.244 e. The summed E-state index contributed by atoms with van der Waals surface area (Å²) in [6.45, 7) is 4.48. The first kappa shape index (κ1) is 19.6. The summed E-state index contributed by atoms with van der Waals surface area (Å²) in [6, 6.07) is 19.3. The molecule has 3 atom stereocenters. The number of nitrogens with zero attached hydrogens (tertiary/aromatic N) is 1. The smallest absolute Gasteiger partial charge is 0.244 e. The first-order chi connectivity index (χ1) is 13.0. The molecule has 1 amide bonds. The maximum absolute atomic E-state index is 13.2. The van der Waals surface area contributed by atoms with Gasteiger partial charge in [-0.1, -0.05) is 80.4 Å². The van der Waals surface area contributed by atoms with Gasteiger partial charge in [0.2, 0.25) is 5.91 Å². The van der Waals surface area contributed by atoms with Crippen molar-refractivity contribution in [2.24, 2.45) is 0 Å². The number of rotatable bonds is 8. The Hall–Kier alpha value is -2.17. The van der Waals surface area contributed by atoms with Gasteiger partial charge in [0.1, 0.15) is 6.04 Å². The van der Waals surface area contributed by atoms with Crippen LogP contribution in [-0.4, -0.2) is 33.7 Å². The molecule has 27 heavy (non-hydrogen) atoms. The molecule has 0 aliphatic carbocycles. The SMILES string of the molecule is CCCCC1NC(C(C)(O)Cc2ccccc2)C(=O)N1Cc1ccccc1. The van der Waals surface area contributed by atoms with E-state index in [4.69, 9.17) is 0 Å². The van der Waals surface area contributed by atoms with Crippen molar-refractivity contribution in [3.8, 4) is 0 Å². The van der Waals surface area contributed by atoms with Crippen molar-refractivity contribution >= 4 is 5.91 Å². The lowest BCUT2D eigenvalue weighted by molar-refractivity contribution is -0.135. The molecule has 4 heteroatoms. The molecule has 3 unspecified atom stereocenters.